The first kappa shape index (κ1) is 20.7. The van der Waals surface area contributed by atoms with E-state index < -0.39 is 23.7 Å². The molecule has 27 heavy (non-hydrogen) atoms. The number of nitrogens with zero attached hydrogens (tertiary/aromatic N) is 4. The Balaban J connectivity index is 1.85. The van der Waals surface area contributed by atoms with Crippen LogP contribution in [0.25, 0.3) is 0 Å². The highest BCUT2D eigenvalue weighted by atomic mass is 16.6. The maximum absolute atomic E-state index is 12.5. The Morgan fingerprint density at radius 2 is 1.89 bits per heavy atom. The topological polar surface area (TPSA) is 116 Å². The Morgan fingerprint density at radius 1 is 1.26 bits per heavy atom. The maximum Gasteiger partial charge on any atom is 0.408 e. The number of piperidine rings is 1. The Morgan fingerprint density at radius 3 is 2.44 bits per heavy atom. The van der Waals surface area contributed by atoms with Crippen LogP contribution in [0.4, 0.5) is 4.79 Å². The lowest BCUT2D eigenvalue weighted by atomic mass is 10.0. The number of methoxy groups -OCH3 is 1. The van der Waals surface area contributed by atoms with Crippen LogP contribution in [0.5, 0.6) is 0 Å². The molecule has 1 aliphatic heterocycles. The summed E-state index contributed by atoms with van der Waals surface area (Å²) in [7, 11) is 1.29. The molecule has 2 rings (SSSR count). The fourth-order valence-electron chi connectivity index (χ4n) is 2.82. The molecule has 0 spiro atoms. The van der Waals surface area contributed by atoms with Gasteiger partial charge in [-0.15, -0.1) is 5.10 Å². The van der Waals surface area contributed by atoms with Gasteiger partial charge in [0.2, 0.25) is 5.91 Å². The minimum Gasteiger partial charge on any atom is -0.464 e. The van der Waals surface area contributed by atoms with Crippen LogP contribution in [-0.4, -0.2) is 69.7 Å². The lowest BCUT2D eigenvalue weighted by Gasteiger charge is -2.33. The number of likely N-dealkylation sites (tertiary alicyclic amines) is 1. The third-order valence-electron chi connectivity index (χ3n) is 4.16. The normalized spacial score (nSPS) is 16.6. The molecule has 1 aliphatic rings. The van der Waals surface area contributed by atoms with Gasteiger partial charge in [0, 0.05) is 13.1 Å². The molecule has 1 fully saturated rings. The van der Waals surface area contributed by atoms with E-state index in [0.717, 1.165) is 0 Å². The number of alkyl carbamates (subject to hydrolysis) is 1. The summed E-state index contributed by atoms with van der Waals surface area (Å²) in [5, 5.41) is 10.3. The lowest BCUT2D eigenvalue weighted by molar-refractivity contribution is -0.134. The number of carbonyl (C=O) groups is 3. The summed E-state index contributed by atoms with van der Waals surface area (Å²) >= 11 is 0. The smallest absolute Gasteiger partial charge is 0.408 e. The zero-order chi connectivity index (χ0) is 20.2. The number of hydrogen-bond donors (Lipinski definition) is 1. The van der Waals surface area contributed by atoms with Crippen LogP contribution in [0.3, 0.4) is 0 Å². The molecule has 150 valence electrons. The molecule has 1 saturated heterocycles. The number of rotatable bonds is 4. The number of nitrogens with one attached hydrogen (secondary N) is 1. The second-order valence-electron chi connectivity index (χ2n) is 7.50. The molecule has 1 atom stereocenters. The fraction of sp³-hybridized carbons (Fsp3) is 0.706. The van der Waals surface area contributed by atoms with E-state index in [0.29, 0.717) is 25.9 Å². The minimum absolute atomic E-state index is 0.0501. The van der Waals surface area contributed by atoms with Crippen LogP contribution in [0.1, 0.15) is 57.1 Å². The molecular weight excluding hydrogens is 354 g/mol. The third-order valence-corrected chi connectivity index (χ3v) is 4.16. The van der Waals surface area contributed by atoms with Crippen molar-refractivity contribution in [3.8, 4) is 0 Å². The van der Waals surface area contributed by atoms with Gasteiger partial charge in [0.05, 0.1) is 19.3 Å². The van der Waals surface area contributed by atoms with E-state index in [1.54, 1.807) is 43.5 Å². The van der Waals surface area contributed by atoms with E-state index in [9.17, 15) is 14.4 Å². The molecule has 2 amide bonds. The summed E-state index contributed by atoms with van der Waals surface area (Å²) in [5.74, 6) is -0.691. The van der Waals surface area contributed by atoms with Crippen molar-refractivity contribution in [2.45, 2.75) is 58.2 Å². The van der Waals surface area contributed by atoms with Crippen molar-refractivity contribution in [2.24, 2.45) is 0 Å². The van der Waals surface area contributed by atoms with E-state index in [-0.39, 0.29) is 17.6 Å². The van der Waals surface area contributed by atoms with Crippen LogP contribution in [0.15, 0.2) is 6.20 Å². The molecule has 2 heterocycles. The Bertz CT molecular complexity index is 688. The van der Waals surface area contributed by atoms with Crippen molar-refractivity contribution in [3.05, 3.63) is 11.9 Å². The van der Waals surface area contributed by atoms with Crippen LogP contribution in [0, 0.1) is 0 Å². The predicted octanol–water partition coefficient (Wildman–Crippen LogP) is 1.14. The summed E-state index contributed by atoms with van der Waals surface area (Å²) < 4.78 is 11.4. The molecule has 0 bridgehead atoms. The zero-order valence-corrected chi connectivity index (χ0v) is 16.4. The first-order chi connectivity index (χ1) is 12.6. The van der Waals surface area contributed by atoms with E-state index >= 15 is 0 Å². The first-order valence-electron chi connectivity index (χ1n) is 8.89. The summed E-state index contributed by atoms with van der Waals surface area (Å²) in [6.07, 6.45) is 2.29. The Kier molecular flexibility index (Phi) is 6.40. The fourth-order valence-corrected chi connectivity index (χ4v) is 2.82. The molecule has 0 aliphatic carbocycles. The molecule has 10 heteroatoms. The number of esters is 1. The predicted molar refractivity (Wildman–Crippen MR) is 95.0 cm³/mol. The minimum atomic E-state index is -0.673. The summed E-state index contributed by atoms with van der Waals surface area (Å²) in [4.78, 5) is 37.5. The maximum atomic E-state index is 12.5. The van der Waals surface area contributed by atoms with Gasteiger partial charge in [-0.2, -0.15) is 0 Å². The largest absolute Gasteiger partial charge is 0.464 e. The zero-order valence-electron chi connectivity index (χ0n) is 16.4. The van der Waals surface area contributed by atoms with E-state index in [1.165, 1.54) is 7.11 Å². The van der Waals surface area contributed by atoms with Gasteiger partial charge in [0.15, 0.2) is 5.69 Å². The quantitative estimate of drug-likeness (QED) is 0.778. The van der Waals surface area contributed by atoms with Crippen molar-refractivity contribution in [2.75, 3.05) is 20.2 Å². The highest BCUT2D eigenvalue weighted by Crippen LogP contribution is 2.22. The van der Waals surface area contributed by atoms with Crippen molar-refractivity contribution >= 4 is 18.0 Å². The molecule has 10 nitrogen and oxygen atoms in total. The van der Waals surface area contributed by atoms with Gasteiger partial charge in [-0.3, -0.25) is 4.79 Å². The average molecular weight is 381 g/mol. The lowest BCUT2D eigenvalue weighted by Crippen LogP contribution is -2.50. The van der Waals surface area contributed by atoms with Gasteiger partial charge in [0.25, 0.3) is 0 Å². The van der Waals surface area contributed by atoms with Crippen molar-refractivity contribution in [1.29, 1.82) is 0 Å². The molecule has 0 unspecified atom stereocenters. The van der Waals surface area contributed by atoms with Gasteiger partial charge in [-0.1, -0.05) is 5.21 Å². The van der Waals surface area contributed by atoms with Gasteiger partial charge in [0.1, 0.15) is 11.6 Å². The number of ether oxygens (including phenoxy) is 2. The van der Waals surface area contributed by atoms with E-state index in [4.69, 9.17) is 4.74 Å². The number of aromatic nitrogens is 3. The number of amides is 2. The van der Waals surface area contributed by atoms with Crippen LogP contribution >= 0.6 is 0 Å². The molecule has 1 aromatic heterocycles. The summed E-state index contributed by atoms with van der Waals surface area (Å²) in [5.41, 5.74) is -0.460. The number of carbonyl (C=O) groups excluding carboxylic acids is 3. The highest BCUT2D eigenvalue weighted by molar-refractivity contribution is 5.86. The SMILES string of the molecule is COC(=O)c1cn(C2CCN(C(=O)[C@H](C)NC(=O)OC(C)(C)C)CC2)nn1. The van der Waals surface area contributed by atoms with Crippen molar-refractivity contribution in [3.63, 3.8) is 0 Å². The van der Waals surface area contributed by atoms with E-state index in [1.807, 2.05) is 0 Å². The van der Waals surface area contributed by atoms with Crippen LogP contribution < -0.4 is 5.32 Å². The van der Waals surface area contributed by atoms with Crippen molar-refractivity contribution < 1.29 is 23.9 Å². The van der Waals surface area contributed by atoms with Gasteiger partial charge >= 0.3 is 12.1 Å². The Hall–Kier alpha value is -2.65. The molecule has 1 N–H and O–H groups in total. The summed E-state index contributed by atoms with van der Waals surface area (Å²) in [6, 6.07) is -0.622. The standard InChI is InChI=1S/C17H27N5O5/c1-11(18-16(25)27-17(2,3)4)14(23)21-8-6-12(7-9-21)22-10-13(19-20-22)15(24)26-5/h10-12H,6-9H2,1-5H3,(H,18,25)/t11-/m0/s1. The second kappa shape index (κ2) is 8.36. The second-order valence-corrected chi connectivity index (χ2v) is 7.50. The first-order valence-corrected chi connectivity index (χ1v) is 8.89. The Labute approximate surface area is 158 Å². The summed E-state index contributed by atoms with van der Waals surface area (Å²) in [6.45, 7) is 7.98. The molecule has 0 aromatic carbocycles. The van der Waals surface area contributed by atoms with Crippen LogP contribution in [-0.2, 0) is 14.3 Å². The van der Waals surface area contributed by atoms with E-state index in [2.05, 4.69) is 20.4 Å². The molecule has 0 saturated carbocycles. The average Bonchev–Trinajstić information content (AvgIpc) is 3.08. The molecular formula is C17H27N5O5. The monoisotopic (exact) mass is 381 g/mol. The van der Waals surface area contributed by atoms with Gasteiger partial charge in [-0.05, 0) is 40.5 Å². The van der Waals surface area contributed by atoms with Crippen LogP contribution in [0.2, 0.25) is 0 Å². The number of hydrogen-bond acceptors (Lipinski definition) is 7. The van der Waals surface area contributed by atoms with Gasteiger partial charge in [-0.25, -0.2) is 14.3 Å². The molecule has 1 aromatic rings. The highest BCUT2D eigenvalue weighted by Gasteiger charge is 2.29. The third kappa shape index (κ3) is 5.66. The van der Waals surface area contributed by atoms with Gasteiger partial charge < -0.3 is 19.7 Å². The molecule has 0 radical (unpaired) electrons. The van der Waals surface area contributed by atoms with Crippen molar-refractivity contribution in [1.82, 2.24) is 25.2 Å².